The van der Waals surface area contributed by atoms with E-state index in [9.17, 15) is 4.79 Å². The van der Waals surface area contributed by atoms with Crippen molar-refractivity contribution < 1.29 is 71.2 Å². The number of nitrogens with zero attached hydrogens (tertiary/aromatic N) is 2. The van der Waals surface area contributed by atoms with E-state index in [1.165, 1.54) is 51.4 Å². The molecule has 4 saturated carbocycles. The normalized spacial score (nSPS) is 45.7. The Hall–Kier alpha value is 0.810. The molecule has 0 radical (unpaired) electrons. The number of fused-ring (bicyclic) bond motifs is 5. The second-order valence-corrected chi connectivity index (χ2v) is 14.6. The Kier molecular flexibility index (Phi) is 9.58. The van der Waals surface area contributed by atoms with E-state index in [4.69, 9.17) is 9.47 Å². The molecular formula is C29H52I2N2O3. The molecule has 36 heavy (non-hydrogen) atoms. The van der Waals surface area contributed by atoms with Crippen molar-refractivity contribution in [2.75, 3.05) is 54.5 Å². The van der Waals surface area contributed by atoms with Crippen LogP contribution in [0.3, 0.4) is 0 Å². The lowest BCUT2D eigenvalue weighted by atomic mass is 9.45. The van der Waals surface area contributed by atoms with Crippen LogP contribution in [0.25, 0.3) is 0 Å². The van der Waals surface area contributed by atoms with Gasteiger partial charge in [0.1, 0.15) is 19.1 Å². The average molecular weight is 731 g/mol. The molecule has 5 nitrogen and oxygen atoms in total. The molecule has 0 aromatic carbocycles. The van der Waals surface area contributed by atoms with Gasteiger partial charge in [0.05, 0.1) is 47.4 Å². The number of likely N-dealkylation sites (N-methyl/N-ethyl adjacent to an activating group) is 1. The fraction of sp³-hybridized carbons (Fsp3) is 0.966. The number of halogens is 2. The van der Waals surface area contributed by atoms with Crippen LogP contribution in [0.15, 0.2) is 0 Å². The summed E-state index contributed by atoms with van der Waals surface area (Å²) in [4.78, 5) is 12.3. The van der Waals surface area contributed by atoms with Gasteiger partial charge in [0.15, 0.2) is 6.10 Å². The van der Waals surface area contributed by atoms with Gasteiger partial charge in [0, 0.05) is 25.2 Å². The number of quaternary nitrogens is 2. The van der Waals surface area contributed by atoms with Gasteiger partial charge in [-0.05, 0) is 67.6 Å². The lowest BCUT2D eigenvalue weighted by Gasteiger charge is -2.61. The van der Waals surface area contributed by atoms with Crippen LogP contribution in [0.5, 0.6) is 0 Å². The third-order valence-electron chi connectivity index (χ3n) is 12.3. The summed E-state index contributed by atoms with van der Waals surface area (Å²) in [5.74, 6) is 3.14. The van der Waals surface area contributed by atoms with Gasteiger partial charge >= 0.3 is 5.97 Å². The maximum absolute atomic E-state index is 12.3. The summed E-state index contributed by atoms with van der Waals surface area (Å²) >= 11 is 0. The number of rotatable bonds is 3. The van der Waals surface area contributed by atoms with Gasteiger partial charge < -0.3 is 66.4 Å². The number of esters is 1. The lowest BCUT2D eigenvalue weighted by Crippen LogP contribution is -3.00. The minimum Gasteiger partial charge on any atom is -1.00 e. The second-order valence-electron chi connectivity index (χ2n) is 14.6. The fourth-order valence-electron chi connectivity index (χ4n) is 9.97. The SMILES string of the molecule is CC(=O)O[C@H]1[C@@H]([N+]2(C)CCOCC2)C[C@H]2[C@@H]3CC[C@H]4C[C@H]([N+](C)(C)C)CC[C@]4(C)[C@H]3CC[C@@]21C.[I-].[I-]. The molecule has 0 aromatic heterocycles. The first-order valence-electron chi connectivity index (χ1n) is 14.3. The van der Waals surface area contributed by atoms with Crippen molar-refractivity contribution in [2.45, 2.75) is 90.3 Å². The largest absolute Gasteiger partial charge is 1.00 e. The number of carbonyl (C=O) groups is 1. The summed E-state index contributed by atoms with van der Waals surface area (Å²) in [6, 6.07) is 1.24. The van der Waals surface area contributed by atoms with Gasteiger partial charge in [-0.15, -0.1) is 0 Å². The third kappa shape index (κ3) is 5.16. The van der Waals surface area contributed by atoms with Crippen LogP contribution in [-0.4, -0.2) is 87.6 Å². The van der Waals surface area contributed by atoms with Gasteiger partial charge in [-0.2, -0.15) is 0 Å². The molecule has 9 atom stereocenters. The fourth-order valence-corrected chi connectivity index (χ4v) is 9.97. The minimum absolute atomic E-state index is 0. The standard InChI is InChI=1S/C29H52N2O3.2HI/c1-20(32)34-27-26(31(7)14-16-33-17-15-31)19-25-23-9-8-21-18-22(30(4,5)6)10-12-28(21,2)24(23)11-13-29(25,27)3;;/h21-27H,8-19H2,1-7H3;2*1H/q+2;;/p-2/t21-,22+,23+,24-,25-,26-,27-,28-,29-;;/m0../s1. The first kappa shape index (κ1) is 31.3. The molecule has 210 valence electrons. The summed E-state index contributed by atoms with van der Waals surface area (Å²) in [6.45, 7) is 10.6. The number of ether oxygens (including phenoxy) is 2. The van der Waals surface area contributed by atoms with Gasteiger partial charge in [-0.25, -0.2) is 0 Å². The zero-order valence-electron chi connectivity index (χ0n) is 23.9. The van der Waals surface area contributed by atoms with Gasteiger partial charge in [-0.1, -0.05) is 13.8 Å². The maximum atomic E-state index is 12.3. The van der Waals surface area contributed by atoms with Crippen LogP contribution in [0.4, 0.5) is 0 Å². The van der Waals surface area contributed by atoms with E-state index in [0.29, 0.717) is 17.4 Å². The Labute approximate surface area is 255 Å². The smallest absolute Gasteiger partial charge is 0.303 e. The number of morpholine rings is 1. The highest BCUT2D eigenvalue weighted by atomic mass is 127. The van der Waals surface area contributed by atoms with E-state index in [1.54, 1.807) is 6.92 Å². The van der Waals surface area contributed by atoms with Gasteiger partial charge in [0.25, 0.3) is 0 Å². The average Bonchev–Trinajstić information content (AvgIpc) is 3.05. The summed E-state index contributed by atoms with van der Waals surface area (Å²) in [5.41, 5.74) is 0.627. The zero-order chi connectivity index (χ0) is 24.5. The monoisotopic (exact) mass is 730 g/mol. The van der Waals surface area contributed by atoms with E-state index in [1.807, 2.05) is 0 Å². The number of hydrogen-bond donors (Lipinski definition) is 0. The van der Waals surface area contributed by atoms with Gasteiger partial charge in [0.2, 0.25) is 0 Å². The Balaban J connectivity index is 0.00000180. The van der Waals surface area contributed by atoms with E-state index in [0.717, 1.165) is 59.1 Å². The molecule has 0 amide bonds. The van der Waals surface area contributed by atoms with E-state index < -0.39 is 0 Å². The zero-order valence-corrected chi connectivity index (χ0v) is 28.2. The molecule has 1 saturated heterocycles. The topological polar surface area (TPSA) is 35.5 Å². The molecule has 7 heteroatoms. The van der Waals surface area contributed by atoms with Crippen LogP contribution in [0, 0.1) is 34.5 Å². The van der Waals surface area contributed by atoms with E-state index in [-0.39, 0.29) is 65.4 Å². The van der Waals surface area contributed by atoms with Crippen molar-refractivity contribution in [3.05, 3.63) is 0 Å². The minimum atomic E-state index is -0.0897. The molecule has 0 aromatic rings. The Morgan fingerprint density at radius 3 is 2.17 bits per heavy atom. The second kappa shape index (κ2) is 11.0. The highest BCUT2D eigenvalue weighted by Crippen LogP contribution is 2.67. The highest BCUT2D eigenvalue weighted by Gasteiger charge is 2.66. The molecule has 0 spiro atoms. The Bertz CT molecular complexity index is 798. The van der Waals surface area contributed by atoms with Crippen LogP contribution >= 0.6 is 0 Å². The molecule has 0 bridgehead atoms. The first-order valence-corrected chi connectivity index (χ1v) is 14.3. The Morgan fingerprint density at radius 2 is 1.56 bits per heavy atom. The summed E-state index contributed by atoms with van der Waals surface area (Å²) in [7, 11) is 9.60. The van der Waals surface area contributed by atoms with Crippen LogP contribution in [-0.2, 0) is 14.3 Å². The van der Waals surface area contributed by atoms with Crippen molar-refractivity contribution in [1.82, 2.24) is 0 Å². The molecule has 5 rings (SSSR count). The maximum Gasteiger partial charge on any atom is 0.303 e. The van der Waals surface area contributed by atoms with Crippen molar-refractivity contribution in [2.24, 2.45) is 34.5 Å². The highest BCUT2D eigenvalue weighted by molar-refractivity contribution is 5.66. The van der Waals surface area contributed by atoms with Crippen molar-refractivity contribution in [3.8, 4) is 0 Å². The summed E-state index contributed by atoms with van der Waals surface area (Å²) in [5, 5.41) is 0. The van der Waals surface area contributed by atoms with E-state index >= 15 is 0 Å². The van der Waals surface area contributed by atoms with Crippen molar-refractivity contribution in [1.29, 1.82) is 0 Å². The molecular weight excluding hydrogens is 678 g/mol. The third-order valence-corrected chi connectivity index (χ3v) is 12.3. The first-order chi connectivity index (χ1) is 15.9. The van der Waals surface area contributed by atoms with Gasteiger partial charge in [-0.3, -0.25) is 4.79 Å². The molecule has 0 N–H and O–H groups in total. The number of hydrogen-bond acceptors (Lipinski definition) is 3. The summed E-state index contributed by atoms with van der Waals surface area (Å²) in [6.07, 6.45) is 10.8. The van der Waals surface area contributed by atoms with Crippen LogP contribution in [0.2, 0.25) is 0 Å². The van der Waals surface area contributed by atoms with Crippen molar-refractivity contribution in [3.63, 3.8) is 0 Å². The molecule has 1 heterocycles. The number of carbonyl (C=O) groups excluding carboxylic acids is 1. The van der Waals surface area contributed by atoms with Crippen LogP contribution in [0.1, 0.15) is 72.1 Å². The van der Waals surface area contributed by atoms with Crippen molar-refractivity contribution >= 4 is 5.97 Å². The summed E-state index contributed by atoms with van der Waals surface area (Å²) < 4.78 is 14.2. The molecule has 5 aliphatic rings. The molecule has 5 fully saturated rings. The molecule has 4 aliphatic carbocycles. The molecule has 1 aliphatic heterocycles. The van der Waals surface area contributed by atoms with E-state index in [2.05, 4.69) is 42.0 Å². The lowest BCUT2D eigenvalue weighted by molar-refractivity contribution is -0.942. The predicted molar refractivity (Wildman–Crippen MR) is 135 cm³/mol. The Morgan fingerprint density at radius 1 is 0.917 bits per heavy atom. The molecule has 0 unspecified atom stereocenters. The van der Waals surface area contributed by atoms with Crippen LogP contribution < -0.4 is 48.0 Å². The predicted octanol–water partition coefficient (Wildman–Crippen LogP) is -1.50. The quantitative estimate of drug-likeness (QED) is 0.202.